The minimum atomic E-state index is -4.39. The summed E-state index contributed by atoms with van der Waals surface area (Å²) in [7, 11) is -8.56. The van der Waals surface area contributed by atoms with Crippen molar-refractivity contribution in [1.82, 2.24) is 5.32 Å². The highest BCUT2D eigenvalue weighted by Crippen LogP contribution is 2.27. The molecule has 6 N–H and O–H groups in total. The van der Waals surface area contributed by atoms with Gasteiger partial charge in [-0.2, -0.15) is 21.4 Å². The number of rotatable bonds is 20. The first kappa shape index (κ1) is 43.7. The molecule has 0 aliphatic carbocycles. The lowest BCUT2D eigenvalue weighted by atomic mass is 10.1. The second-order valence-corrected chi connectivity index (χ2v) is 16.1. The molecule has 54 heavy (non-hydrogen) atoms. The standard InChI is InChI=1S/C39H50N4O9S2/c1-28-24-33(27-41-39(46)34-16-13-32(26-40)14-17-34)15-19-36(28)43(22-9-23-53(47,48)49)31(4)11-8-10-30(3)42(21-7-5-6-12-38(44)45)37-20-18-35(25-29(37)2)54(50,51)52/h8,10-11,13-20,24-25H,5-7,9,12,21-23,26-27,40H2,1-4H3,(H3-,41,44,45,46,47,48,49,50,51,52)/p+1. The van der Waals surface area contributed by atoms with Crippen LogP contribution in [0.15, 0.2) is 89.5 Å². The molecule has 0 unspecified atom stereocenters. The molecule has 292 valence electrons. The van der Waals surface area contributed by atoms with Crippen molar-refractivity contribution in [1.29, 1.82) is 0 Å². The van der Waals surface area contributed by atoms with E-state index < -0.39 is 32.0 Å². The van der Waals surface area contributed by atoms with Crippen LogP contribution in [0.1, 0.15) is 78.6 Å². The molecule has 0 saturated heterocycles. The van der Waals surface area contributed by atoms with Gasteiger partial charge in [-0.25, -0.2) is 0 Å². The van der Waals surface area contributed by atoms with Crippen LogP contribution >= 0.6 is 0 Å². The normalized spacial score (nSPS) is 12.8. The number of anilines is 1. The van der Waals surface area contributed by atoms with Crippen LogP contribution in [0, 0.1) is 13.8 Å². The van der Waals surface area contributed by atoms with Crippen LogP contribution in [-0.4, -0.2) is 72.1 Å². The predicted molar refractivity (Wildman–Crippen MR) is 211 cm³/mol. The van der Waals surface area contributed by atoms with Crippen molar-refractivity contribution in [2.24, 2.45) is 5.73 Å². The number of benzene rings is 3. The van der Waals surface area contributed by atoms with Crippen molar-refractivity contribution in [3.8, 4) is 0 Å². The fourth-order valence-corrected chi connectivity index (χ4v) is 6.97. The summed E-state index contributed by atoms with van der Waals surface area (Å²) >= 11 is 0. The maximum atomic E-state index is 12.7. The SMILES string of the molecule is CC(/C=C/C=C(\C)N(CCCCCC(=O)O)c1ccc(S(=O)(=O)O)cc1C)=[N+](CCCS(=O)(=O)O)c1ccc(CNC(=O)c2ccc(CN)cc2)cc1C. The van der Waals surface area contributed by atoms with Gasteiger partial charge >= 0.3 is 5.97 Å². The third-order valence-electron chi connectivity index (χ3n) is 8.80. The van der Waals surface area contributed by atoms with Crippen LogP contribution in [0.5, 0.6) is 0 Å². The van der Waals surface area contributed by atoms with E-state index in [4.69, 9.17) is 10.8 Å². The Morgan fingerprint density at radius 2 is 1.56 bits per heavy atom. The maximum Gasteiger partial charge on any atom is 0.303 e. The van der Waals surface area contributed by atoms with Gasteiger partial charge in [0, 0.05) is 74.1 Å². The lowest BCUT2D eigenvalue weighted by molar-refractivity contribution is -0.440. The summed E-state index contributed by atoms with van der Waals surface area (Å²) in [4.78, 5) is 25.5. The number of hydrogen-bond acceptors (Lipinski definition) is 8. The number of allylic oxidation sites excluding steroid dienone is 4. The van der Waals surface area contributed by atoms with Crippen LogP contribution in [-0.2, 0) is 38.1 Å². The fourth-order valence-electron chi connectivity index (χ4n) is 5.91. The summed E-state index contributed by atoms with van der Waals surface area (Å²) < 4.78 is 67.5. The van der Waals surface area contributed by atoms with Gasteiger partial charge in [-0.15, -0.1) is 0 Å². The largest absolute Gasteiger partial charge is 0.481 e. The number of amides is 1. The highest BCUT2D eigenvalue weighted by molar-refractivity contribution is 7.86. The van der Waals surface area contributed by atoms with Gasteiger partial charge in [-0.05, 0) is 92.8 Å². The van der Waals surface area contributed by atoms with Crippen molar-refractivity contribution in [3.63, 3.8) is 0 Å². The Balaban J connectivity index is 1.90. The Morgan fingerprint density at radius 1 is 0.870 bits per heavy atom. The van der Waals surface area contributed by atoms with E-state index in [-0.39, 0.29) is 30.2 Å². The second kappa shape index (κ2) is 20.1. The first-order valence-electron chi connectivity index (χ1n) is 17.5. The van der Waals surface area contributed by atoms with Crippen LogP contribution in [0.3, 0.4) is 0 Å². The number of carboxylic acids is 1. The summed E-state index contributed by atoms with van der Waals surface area (Å²) in [5.41, 5.74) is 12.6. The van der Waals surface area contributed by atoms with Gasteiger partial charge in [0.05, 0.1) is 10.6 Å². The van der Waals surface area contributed by atoms with Crippen molar-refractivity contribution in [2.75, 3.05) is 23.7 Å². The van der Waals surface area contributed by atoms with Gasteiger partial charge in [-0.3, -0.25) is 18.7 Å². The molecule has 0 aliphatic rings. The maximum absolute atomic E-state index is 12.7. The Hall–Kier alpha value is -4.67. The summed E-state index contributed by atoms with van der Waals surface area (Å²) in [6, 6.07) is 17.2. The Labute approximate surface area is 318 Å². The molecular formula is C39H51N4O9S2+. The lowest BCUT2D eigenvalue weighted by Gasteiger charge is -2.27. The van der Waals surface area contributed by atoms with Crippen LogP contribution < -0.4 is 16.0 Å². The third-order valence-corrected chi connectivity index (χ3v) is 10.5. The number of nitrogens with two attached hydrogens (primary N) is 1. The number of unbranched alkanes of at least 4 members (excludes halogenated alkanes) is 2. The molecule has 15 heteroatoms. The molecule has 0 heterocycles. The molecule has 0 radical (unpaired) electrons. The summed E-state index contributed by atoms with van der Waals surface area (Å²) in [6.45, 7) is 8.95. The van der Waals surface area contributed by atoms with Gasteiger partial charge in [0.25, 0.3) is 26.1 Å². The van der Waals surface area contributed by atoms with Crippen LogP contribution in [0.4, 0.5) is 11.4 Å². The molecule has 0 spiro atoms. The van der Waals surface area contributed by atoms with E-state index in [2.05, 4.69) is 5.32 Å². The topological polar surface area (TPSA) is 207 Å². The smallest absolute Gasteiger partial charge is 0.303 e. The van der Waals surface area contributed by atoms with E-state index in [1.807, 2.05) is 78.8 Å². The molecule has 3 aromatic carbocycles. The zero-order valence-corrected chi connectivity index (χ0v) is 32.8. The number of aliphatic carboxylic acids is 1. The molecule has 3 aromatic rings. The predicted octanol–water partition coefficient (Wildman–Crippen LogP) is 5.93. The van der Waals surface area contributed by atoms with E-state index in [0.29, 0.717) is 50.0 Å². The molecule has 0 atom stereocenters. The molecular weight excluding hydrogens is 733 g/mol. The molecule has 0 aliphatic heterocycles. The van der Waals surface area contributed by atoms with Crippen LogP contribution in [0.2, 0.25) is 0 Å². The first-order valence-corrected chi connectivity index (χ1v) is 20.6. The highest BCUT2D eigenvalue weighted by atomic mass is 32.2. The molecule has 0 aromatic heterocycles. The van der Waals surface area contributed by atoms with E-state index >= 15 is 0 Å². The molecule has 0 bridgehead atoms. The average Bonchev–Trinajstić information content (AvgIpc) is 3.10. The average molecular weight is 784 g/mol. The highest BCUT2D eigenvalue weighted by Gasteiger charge is 2.19. The second-order valence-electron chi connectivity index (χ2n) is 13.1. The van der Waals surface area contributed by atoms with Crippen molar-refractivity contribution >= 4 is 49.2 Å². The van der Waals surface area contributed by atoms with E-state index in [0.717, 1.165) is 39.5 Å². The summed E-state index contributed by atoms with van der Waals surface area (Å²) in [5, 5.41) is 11.9. The lowest BCUT2D eigenvalue weighted by Crippen LogP contribution is -2.23. The minimum Gasteiger partial charge on any atom is -0.481 e. The first-order chi connectivity index (χ1) is 25.4. The van der Waals surface area contributed by atoms with Gasteiger partial charge in [0.1, 0.15) is 6.54 Å². The van der Waals surface area contributed by atoms with E-state index in [1.54, 1.807) is 25.1 Å². The molecule has 3 rings (SSSR count). The number of nitrogens with one attached hydrogen (secondary N) is 1. The monoisotopic (exact) mass is 783 g/mol. The molecule has 13 nitrogen and oxygen atoms in total. The van der Waals surface area contributed by atoms with Crippen molar-refractivity contribution < 1.29 is 45.2 Å². The van der Waals surface area contributed by atoms with Gasteiger partial charge < -0.3 is 21.1 Å². The van der Waals surface area contributed by atoms with Crippen molar-refractivity contribution in [2.45, 2.75) is 77.8 Å². The summed E-state index contributed by atoms with van der Waals surface area (Å²) in [5.74, 6) is -1.48. The van der Waals surface area contributed by atoms with Gasteiger partial charge in [0.2, 0.25) is 5.69 Å². The Bertz CT molecular complexity index is 2110. The number of nitrogens with zero attached hydrogens (tertiary/aromatic N) is 2. The number of carboxylic acid groups (broad SMARTS) is 1. The zero-order valence-electron chi connectivity index (χ0n) is 31.2. The molecule has 0 saturated carbocycles. The van der Waals surface area contributed by atoms with Gasteiger partial charge in [0.15, 0.2) is 5.71 Å². The van der Waals surface area contributed by atoms with Crippen LogP contribution in [0.25, 0.3) is 0 Å². The zero-order chi connectivity index (χ0) is 40.1. The van der Waals surface area contributed by atoms with E-state index in [9.17, 15) is 35.5 Å². The third kappa shape index (κ3) is 14.0. The number of carbonyl (C=O) groups is 2. The fraction of sp³-hybridized carbons (Fsp3) is 0.359. The van der Waals surface area contributed by atoms with E-state index in [1.165, 1.54) is 12.1 Å². The minimum absolute atomic E-state index is 0.0686. The summed E-state index contributed by atoms with van der Waals surface area (Å²) in [6.07, 6.45) is 7.70. The molecule has 0 fully saturated rings. The van der Waals surface area contributed by atoms with Crippen molar-refractivity contribution in [3.05, 3.63) is 112 Å². The Morgan fingerprint density at radius 3 is 2.15 bits per heavy atom. The van der Waals surface area contributed by atoms with Gasteiger partial charge in [-0.1, -0.05) is 30.7 Å². The number of hydrogen-bond donors (Lipinski definition) is 5. The number of aryl methyl sites for hydroxylation is 2. The Kier molecular flexibility index (Phi) is 16.3. The molecule has 1 amide bonds. The quantitative estimate of drug-likeness (QED) is 0.0298. The number of carbonyl (C=O) groups excluding carboxylic acids is 1.